The molecular weight excluding hydrogens is 252 g/mol. The molecule has 0 aromatic heterocycles. The molecular formula is C16H24N2O2. The zero-order valence-electron chi connectivity index (χ0n) is 12.3. The van der Waals surface area contributed by atoms with Gasteiger partial charge in [-0.25, -0.2) is 0 Å². The molecule has 1 aromatic carbocycles. The lowest BCUT2D eigenvalue weighted by Crippen LogP contribution is -2.46. The lowest BCUT2D eigenvalue weighted by molar-refractivity contribution is -0.133. The fourth-order valence-corrected chi connectivity index (χ4v) is 2.83. The van der Waals surface area contributed by atoms with Crippen molar-refractivity contribution in [3.05, 3.63) is 29.8 Å². The number of rotatable bonds is 4. The van der Waals surface area contributed by atoms with Crippen LogP contribution in [0.1, 0.15) is 25.3 Å². The minimum absolute atomic E-state index is 0.0701. The zero-order valence-corrected chi connectivity index (χ0v) is 12.3. The molecule has 0 unspecified atom stereocenters. The Hall–Kier alpha value is -1.55. The highest BCUT2D eigenvalue weighted by Crippen LogP contribution is 2.26. The maximum atomic E-state index is 11.8. The molecule has 1 heterocycles. The van der Waals surface area contributed by atoms with Crippen molar-refractivity contribution in [3.63, 3.8) is 0 Å². The molecule has 2 rings (SSSR count). The molecule has 4 nitrogen and oxygen atoms in total. The third kappa shape index (κ3) is 3.51. The van der Waals surface area contributed by atoms with Crippen molar-refractivity contribution in [1.82, 2.24) is 4.90 Å². The number of nitrogens with two attached hydrogens (primary N) is 1. The van der Waals surface area contributed by atoms with E-state index in [2.05, 4.69) is 6.07 Å². The van der Waals surface area contributed by atoms with Crippen LogP contribution in [-0.4, -0.2) is 37.0 Å². The van der Waals surface area contributed by atoms with Crippen LogP contribution in [0.3, 0.4) is 0 Å². The Balaban J connectivity index is 1.90. The van der Waals surface area contributed by atoms with Crippen LogP contribution in [0.4, 0.5) is 0 Å². The number of para-hydroxylation sites is 1. The number of carbonyl (C=O) groups is 1. The van der Waals surface area contributed by atoms with Gasteiger partial charge in [-0.2, -0.15) is 0 Å². The van der Waals surface area contributed by atoms with Gasteiger partial charge in [-0.05, 0) is 43.7 Å². The van der Waals surface area contributed by atoms with Gasteiger partial charge in [0.15, 0.2) is 0 Å². The second-order valence-electron chi connectivity index (χ2n) is 5.57. The van der Waals surface area contributed by atoms with E-state index in [4.69, 9.17) is 10.5 Å². The van der Waals surface area contributed by atoms with Gasteiger partial charge in [0.1, 0.15) is 5.75 Å². The molecule has 1 aromatic rings. The van der Waals surface area contributed by atoms with Crippen LogP contribution in [0.25, 0.3) is 0 Å². The summed E-state index contributed by atoms with van der Waals surface area (Å²) in [5.41, 5.74) is 6.91. The van der Waals surface area contributed by atoms with Crippen molar-refractivity contribution in [2.75, 3.05) is 20.2 Å². The second kappa shape index (κ2) is 6.75. The Morgan fingerprint density at radius 3 is 2.65 bits per heavy atom. The van der Waals surface area contributed by atoms with E-state index in [-0.39, 0.29) is 11.9 Å². The maximum Gasteiger partial charge on any atom is 0.239 e. The molecule has 0 spiro atoms. The van der Waals surface area contributed by atoms with E-state index >= 15 is 0 Å². The highest BCUT2D eigenvalue weighted by Gasteiger charge is 2.25. The number of amides is 1. The normalized spacial score (nSPS) is 17.9. The van der Waals surface area contributed by atoms with E-state index in [1.54, 1.807) is 14.0 Å². The molecule has 0 saturated carbocycles. The van der Waals surface area contributed by atoms with Crippen LogP contribution in [0.2, 0.25) is 0 Å². The summed E-state index contributed by atoms with van der Waals surface area (Å²) in [5, 5.41) is 0. The van der Waals surface area contributed by atoms with Crippen LogP contribution in [-0.2, 0) is 11.2 Å². The highest BCUT2D eigenvalue weighted by atomic mass is 16.5. The lowest BCUT2D eigenvalue weighted by Gasteiger charge is -2.33. The first-order valence-electron chi connectivity index (χ1n) is 7.28. The Morgan fingerprint density at radius 2 is 2.05 bits per heavy atom. The van der Waals surface area contributed by atoms with Gasteiger partial charge in [-0.15, -0.1) is 0 Å². The summed E-state index contributed by atoms with van der Waals surface area (Å²) in [6, 6.07) is 7.78. The zero-order chi connectivity index (χ0) is 14.5. The Bertz CT molecular complexity index is 452. The third-order valence-electron chi connectivity index (χ3n) is 4.02. The van der Waals surface area contributed by atoms with E-state index in [1.165, 1.54) is 5.56 Å². The first-order valence-corrected chi connectivity index (χ1v) is 7.28. The van der Waals surface area contributed by atoms with Crippen molar-refractivity contribution < 1.29 is 9.53 Å². The predicted octanol–water partition coefficient (Wildman–Crippen LogP) is 1.82. The molecule has 1 atom stereocenters. The molecule has 0 radical (unpaired) electrons. The summed E-state index contributed by atoms with van der Waals surface area (Å²) in [6.07, 6.45) is 3.09. The smallest absolute Gasteiger partial charge is 0.239 e. The van der Waals surface area contributed by atoms with E-state index < -0.39 is 0 Å². The SMILES string of the molecule is COc1ccccc1CC1CCN(C(=O)[C@@H](C)N)CC1. The molecule has 1 fully saturated rings. The minimum atomic E-state index is -0.388. The monoisotopic (exact) mass is 276 g/mol. The summed E-state index contributed by atoms with van der Waals surface area (Å²) < 4.78 is 5.40. The molecule has 2 N–H and O–H groups in total. The quantitative estimate of drug-likeness (QED) is 0.912. The fourth-order valence-electron chi connectivity index (χ4n) is 2.83. The fraction of sp³-hybridized carbons (Fsp3) is 0.562. The molecule has 1 amide bonds. The summed E-state index contributed by atoms with van der Waals surface area (Å²) in [4.78, 5) is 13.7. The van der Waals surface area contributed by atoms with Gasteiger partial charge in [0.2, 0.25) is 5.91 Å². The van der Waals surface area contributed by atoms with Crippen LogP contribution >= 0.6 is 0 Å². The molecule has 20 heavy (non-hydrogen) atoms. The van der Waals surface area contributed by atoms with Crippen LogP contribution < -0.4 is 10.5 Å². The summed E-state index contributed by atoms with van der Waals surface area (Å²) >= 11 is 0. The number of hydrogen-bond donors (Lipinski definition) is 1. The van der Waals surface area contributed by atoms with Crippen molar-refractivity contribution in [2.24, 2.45) is 11.7 Å². The van der Waals surface area contributed by atoms with Gasteiger partial charge in [0, 0.05) is 13.1 Å². The predicted molar refractivity (Wildman–Crippen MR) is 79.7 cm³/mol. The second-order valence-corrected chi connectivity index (χ2v) is 5.57. The minimum Gasteiger partial charge on any atom is -0.496 e. The van der Waals surface area contributed by atoms with Crippen LogP contribution in [0, 0.1) is 5.92 Å². The van der Waals surface area contributed by atoms with E-state index in [9.17, 15) is 4.79 Å². The summed E-state index contributed by atoms with van der Waals surface area (Å²) in [7, 11) is 1.71. The Labute approximate surface area is 120 Å². The lowest BCUT2D eigenvalue weighted by atomic mass is 9.89. The van der Waals surface area contributed by atoms with Gasteiger partial charge in [-0.1, -0.05) is 18.2 Å². The van der Waals surface area contributed by atoms with Gasteiger partial charge < -0.3 is 15.4 Å². The van der Waals surface area contributed by atoms with E-state index in [1.807, 2.05) is 23.1 Å². The topological polar surface area (TPSA) is 55.6 Å². The van der Waals surface area contributed by atoms with Crippen molar-refractivity contribution in [1.29, 1.82) is 0 Å². The highest BCUT2D eigenvalue weighted by molar-refractivity contribution is 5.81. The van der Waals surface area contributed by atoms with Crippen molar-refractivity contribution in [3.8, 4) is 5.75 Å². The van der Waals surface area contributed by atoms with Crippen LogP contribution in [0.15, 0.2) is 24.3 Å². The third-order valence-corrected chi connectivity index (χ3v) is 4.02. The Morgan fingerprint density at radius 1 is 1.40 bits per heavy atom. The summed E-state index contributed by atoms with van der Waals surface area (Å²) in [6.45, 7) is 3.39. The Kier molecular flexibility index (Phi) is 5.01. The number of nitrogens with zero attached hydrogens (tertiary/aromatic N) is 1. The molecule has 1 aliphatic heterocycles. The van der Waals surface area contributed by atoms with Crippen molar-refractivity contribution in [2.45, 2.75) is 32.2 Å². The van der Waals surface area contributed by atoms with Crippen molar-refractivity contribution >= 4 is 5.91 Å². The van der Waals surface area contributed by atoms with Gasteiger partial charge in [0.25, 0.3) is 0 Å². The molecule has 0 bridgehead atoms. The number of likely N-dealkylation sites (tertiary alicyclic amines) is 1. The van der Waals surface area contributed by atoms with E-state index in [0.717, 1.165) is 38.1 Å². The number of hydrogen-bond acceptors (Lipinski definition) is 3. The molecule has 4 heteroatoms. The van der Waals surface area contributed by atoms with Gasteiger partial charge in [-0.3, -0.25) is 4.79 Å². The number of benzene rings is 1. The van der Waals surface area contributed by atoms with Gasteiger partial charge >= 0.3 is 0 Å². The summed E-state index contributed by atoms with van der Waals surface area (Å²) in [5.74, 6) is 1.64. The molecule has 0 aliphatic carbocycles. The number of piperidine rings is 1. The average Bonchev–Trinajstić information content (AvgIpc) is 2.48. The first kappa shape index (κ1) is 14.9. The average molecular weight is 276 g/mol. The molecule has 110 valence electrons. The number of carbonyl (C=O) groups excluding carboxylic acids is 1. The largest absolute Gasteiger partial charge is 0.496 e. The van der Waals surface area contributed by atoms with Gasteiger partial charge in [0.05, 0.1) is 13.2 Å². The van der Waals surface area contributed by atoms with E-state index in [0.29, 0.717) is 5.92 Å². The number of ether oxygens (including phenoxy) is 1. The van der Waals surface area contributed by atoms with Crippen LogP contribution in [0.5, 0.6) is 5.75 Å². The standard InChI is InChI=1S/C16H24N2O2/c1-12(17)16(19)18-9-7-13(8-10-18)11-14-5-3-4-6-15(14)20-2/h3-6,12-13H,7-11,17H2,1-2H3/t12-/m1/s1. The molecule has 1 aliphatic rings. The first-order chi connectivity index (χ1) is 9.61. The molecule has 1 saturated heterocycles. The maximum absolute atomic E-state index is 11.8. The number of methoxy groups -OCH3 is 1.